The van der Waals surface area contributed by atoms with Crippen LogP contribution in [0.2, 0.25) is 0 Å². The van der Waals surface area contributed by atoms with Crippen LogP contribution < -0.4 is 5.32 Å². The fraction of sp³-hybridized carbons (Fsp3) is 0.533. The Labute approximate surface area is 123 Å². The summed E-state index contributed by atoms with van der Waals surface area (Å²) in [6.45, 7) is 4.91. The Balaban J connectivity index is 2.16. The van der Waals surface area contributed by atoms with E-state index in [-0.39, 0.29) is 17.3 Å². The largest absolute Gasteiger partial charge is 0.321 e. The van der Waals surface area contributed by atoms with Crippen LogP contribution >= 0.6 is 0 Å². The third kappa shape index (κ3) is 3.27. The number of nitrogens with one attached hydrogen (secondary N) is 1. The molecule has 110 valence electrons. The van der Waals surface area contributed by atoms with E-state index in [2.05, 4.69) is 36.5 Å². The summed E-state index contributed by atoms with van der Waals surface area (Å²) in [5.41, 5.74) is 2.37. The fourth-order valence-electron chi connectivity index (χ4n) is 2.36. The number of nitrogens with zero attached hydrogens (tertiary/aromatic N) is 1. The van der Waals surface area contributed by atoms with E-state index in [1.807, 2.05) is 6.92 Å². The number of benzene rings is 1. The molecule has 2 rings (SSSR count). The Hall–Kier alpha value is -1.20. The van der Waals surface area contributed by atoms with Crippen molar-refractivity contribution in [2.24, 2.45) is 0 Å². The first-order chi connectivity index (χ1) is 9.52. The molecule has 0 aliphatic carbocycles. The van der Waals surface area contributed by atoms with E-state index in [0.29, 0.717) is 13.1 Å². The summed E-state index contributed by atoms with van der Waals surface area (Å²) >= 11 is 0. The minimum atomic E-state index is -0.919. The standard InChI is InChI=1S/C15H22N2O2S/c1-4-12-5-7-13(8-6-12)15-16-9-14(18)17(15)10-11(2)20(3)19/h5-8,11,15-16H,4,9-10H2,1-3H3. The predicted molar refractivity (Wildman–Crippen MR) is 81.8 cm³/mol. The van der Waals surface area contributed by atoms with Crippen LogP contribution in [0.25, 0.3) is 0 Å². The number of hydrogen-bond acceptors (Lipinski definition) is 3. The van der Waals surface area contributed by atoms with Crippen LogP contribution in [-0.4, -0.2) is 39.6 Å². The average Bonchev–Trinajstić information content (AvgIpc) is 2.80. The molecule has 1 aromatic carbocycles. The third-order valence-corrected chi connectivity index (χ3v) is 5.09. The van der Waals surface area contributed by atoms with Gasteiger partial charge in [-0.1, -0.05) is 31.2 Å². The fourth-order valence-corrected chi connectivity index (χ4v) is 2.73. The van der Waals surface area contributed by atoms with Gasteiger partial charge in [0.1, 0.15) is 6.17 Å². The topological polar surface area (TPSA) is 49.4 Å². The van der Waals surface area contributed by atoms with Crippen LogP contribution in [0.15, 0.2) is 24.3 Å². The molecule has 1 aliphatic heterocycles. The van der Waals surface area contributed by atoms with Crippen molar-refractivity contribution in [2.75, 3.05) is 19.3 Å². The average molecular weight is 294 g/mol. The summed E-state index contributed by atoms with van der Waals surface area (Å²) in [6, 6.07) is 8.32. The lowest BCUT2D eigenvalue weighted by atomic mass is 10.1. The van der Waals surface area contributed by atoms with Crippen LogP contribution in [0.4, 0.5) is 0 Å². The molecule has 0 saturated carbocycles. The highest BCUT2D eigenvalue weighted by Gasteiger charge is 2.32. The first kappa shape index (κ1) is 15.2. The molecule has 0 aromatic heterocycles. The lowest BCUT2D eigenvalue weighted by Gasteiger charge is -2.27. The van der Waals surface area contributed by atoms with Crippen LogP contribution in [0.3, 0.4) is 0 Å². The minimum absolute atomic E-state index is 0.0173. The zero-order valence-corrected chi connectivity index (χ0v) is 13.1. The summed E-state index contributed by atoms with van der Waals surface area (Å²) in [6.07, 6.45) is 2.59. The monoisotopic (exact) mass is 294 g/mol. The first-order valence-corrected chi connectivity index (χ1v) is 8.59. The minimum Gasteiger partial charge on any atom is -0.321 e. The highest BCUT2D eigenvalue weighted by atomic mass is 32.2. The van der Waals surface area contributed by atoms with Gasteiger partial charge in [-0.25, -0.2) is 0 Å². The lowest BCUT2D eigenvalue weighted by molar-refractivity contribution is -0.128. The van der Waals surface area contributed by atoms with E-state index in [1.54, 1.807) is 11.2 Å². The summed E-state index contributed by atoms with van der Waals surface area (Å²) in [7, 11) is -0.919. The summed E-state index contributed by atoms with van der Waals surface area (Å²) < 4.78 is 11.5. The molecule has 1 amide bonds. The van der Waals surface area contributed by atoms with Gasteiger partial charge in [-0.2, -0.15) is 0 Å². The second kappa shape index (κ2) is 6.50. The van der Waals surface area contributed by atoms with Crippen molar-refractivity contribution >= 4 is 16.7 Å². The van der Waals surface area contributed by atoms with Gasteiger partial charge in [-0.15, -0.1) is 0 Å². The van der Waals surface area contributed by atoms with Gasteiger partial charge < -0.3 is 4.90 Å². The molecule has 1 fully saturated rings. The van der Waals surface area contributed by atoms with Gasteiger partial charge in [-0.3, -0.25) is 14.3 Å². The molecule has 1 saturated heterocycles. The maximum atomic E-state index is 12.0. The number of rotatable bonds is 5. The van der Waals surface area contributed by atoms with Gasteiger partial charge >= 0.3 is 0 Å². The SMILES string of the molecule is CCc1ccc(C2NCC(=O)N2CC(C)S(C)=O)cc1. The van der Waals surface area contributed by atoms with Crippen LogP contribution in [-0.2, 0) is 22.0 Å². The molecule has 3 unspecified atom stereocenters. The Morgan fingerprint density at radius 1 is 1.40 bits per heavy atom. The molecule has 20 heavy (non-hydrogen) atoms. The Morgan fingerprint density at radius 3 is 2.60 bits per heavy atom. The van der Waals surface area contributed by atoms with E-state index >= 15 is 0 Å². The summed E-state index contributed by atoms with van der Waals surface area (Å²) in [5.74, 6) is 0.0758. The molecule has 1 N–H and O–H groups in total. The molecular formula is C15H22N2O2S. The van der Waals surface area contributed by atoms with E-state index < -0.39 is 10.8 Å². The van der Waals surface area contributed by atoms with Crippen LogP contribution in [0.1, 0.15) is 31.1 Å². The van der Waals surface area contributed by atoms with Crippen molar-refractivity contribution in [3.8, 4) is 0 Å². The summed E-state index contributed by atoms with van der Waals surface area (Å²) in [4.78, 5) is 13.8. The number of carbonyl (C=O) groups is 1. The maximum absolute atomic E-state index is 12.0. The zero-order valence-electron chi connectivity index (χ0n) is 12.3. The van der Waals surface area contributed by atoms with Crippen LogP contribution in [0.5, 0.6) is 0 Å². The van der Waals surface area contributed by atoms with Crippen molar-refractivity contribution < 1.29 is 9.00 Å². The normalized spacial score (nSPS) is 22.1. The molecule has 0 spiro atoms. The van der Waals surface area contributed by atoms with E-state index in [9.17, 15) is 9.00 Å². The quantitative estimate of drug-likeness (QED) is 0.894. The number of carbonyl (C=O) groups excluding carboxylic acids is 1. The van der Waals surface area contributed by atoms with Crippen molar-refractivity contribution in [1.29, 1.82) is 0 Å². The van der Waals surface area contributed by atoms with Gasteiger partial charge in [0, 0.05) is 28.9 Å². The van der Waals surface area contributed by atoms with Crippen LogP contribution in [0, 0.1) is 0 Å². The van der Waals surface area contributed by atoms with Crippen molar-refractivity contribution in [2.45, 2.75) is 31.7 Å². The van der Waals surface area contributed by atoms with E-state index in [0.717, 1.165) is 12.0 Å². The zero-order chi connectivity index (χ0) is 14.7. The highest BCUT2D eigenvalue weighted by Crippen LogP contribution is 2.23. The van der Waals surface area contributed by atoms with E-state index in [1.165, 1.54) is 5.56 Å². The smallest absolute Gasteiger partial charge is 0.238 e. The summed E-state index contributed by atoms with van der Waals surface area (Å²) in [5, 5.41) is 3.21. The molecule has 1 aliphatic rings. The van der Waals surface area contributed by atoms with Gasteiger partial charge in [0.05, 0.1) is 6.54 Å². The predicted octanol–water partition coefficient (Wildman–Crippen LogP) is 1.45. The van der Waals surface area contributed by atoms with Gasteiger partial charge in [0.2, 0.25) is 5.91 Å². The highest BCUT2D eigenvalue weighted by molar-refractivity contribution is 7.84. The Kier molecular flexibility index (Phi) is 4.94. The van der Waals surface area contributed by atoms with Crippen molar-refractivity contribution in [1.82, 2.24) is 10.2 Å². The van der Waals surface area contributed by atoms with Crippen molar-refractivity contribution in [3.63, 3.8) is 0 Å². The molecule has 5 heteroatoms. The molecular weight excluding hydrogens is 272 g/mol. The Bertz CT molecular complexity index is 501. The van der Waals surface area contributed by atoms with Gasteiger partial charge in [-0.05, 0) is 24.5 Å². The molecule has 1 heterocycles. The second-order valence-electron chi connectivity index (χ2n) is 5.23. The van der Waals surface area contributed by atoms with Gasteiger partial charge in [0.25, 0.3) is 0 Å². The Morgan fingerprint density at radius 2 is 2.05 bits per heavy atom. The molecule has 0 bridgehead atoms. The first-order valence-electron chi connectivity index (χ1n) is 6.96. The third-order valence-electron chi connectivity index (χ3n) is 3.80. The van der Waals surface area contributed by atoms with Crippen molar-refractivity contribution in [3.05, 3.63) is 35.4 Å². The molecule has 0 radical (unpaired) electrons. The molecule has 1 aromatic rings. The van der Waals surface area contributed by atoms with E-state index in [4.69, 9.17) is 0 Å². The number of hydrogen-bond donors (Lipinski definition) is 1. The van der Waals surface area contributed by atoms with Gasteiger partial charge in [0.15, 0.2) is 0 Å². The number of amides is 1. The lowest BCUT2D eigenvalue weighted by Crippen LogP contribution is -2.37. The molecule has 4 nitrogen and oxygen atoms in total. The number of aryl methyl sites for hydroxylation is 1. The second-order valence-corrected chi connectivity index (χ2v) is 7.04. The molecule has 3 atom stereocenters. The maximum Gasteiger partial charge on any atom is 0.238 e.